The van der Waals surface area contributed by atoms with E-state index in [4.69, 9.17) is 4.98 Å². The molecule has 0 saturated carbocycles. The molecule has 1 atom stereocenters. The minimum atomic E-state index is -0.0937. The van der Waals surface area contributed by atoms with E-state index < -0.39 is 0 Å². The van der Waals surface area contributed by atoms with Crippen LogP contribution in [0.25, 0.3) is 0 Å². The number of carbonyl (C=O) groups excluding carboxylic acids is 1. The summed E-state index contributed by atoms with van der Waals surface area (Å²) in [6.07, 6.45) is 4.19. The van der Waals surface area contributed by atoms with Gasteiger partial charge in [0.15, 0.2) is 0 Å². The van der Waals surface area contributed by atoms with Gasteiger partial charge in [0.1, 0.15) is 11.1 Å². The average molecular weight is 397 g/mol. The molecule has 1 unspecified atom stereocenters. The second kappa shape index (κ2) is 8.08. The maximum Gasteiger partial charge on any atom is 0.257 e. The van der Waals surface area contributed by atoms with Crippen molar-refractivity contribution in [2.45, 2.75) is 65.3 Å². The molecule has 28 heavy (non-hydrogen) atoms. The molecule has 1 aliphatic rings. The van der Waals surface area contributed by atoms with Crippen molar-refractivity contribution in [2.24, 2.45) is 11.3 Å². The number of nitriles is 1. The number of aromatic nitrogens is 3. The van der Waals surface area contributed by atoms with Gasteiger partial charge in [0.05, 0.1) is 17.0 Å². The minimum Gasteiger partial charge on any atom is -0.272 e. The molecule has 3 rings (SSSR count). The second-order valence-electron chi connectivity index (χ2n) is 8.36. The molecule has 0 radical (unpaired) electrons. The number of hydrogen-bond acceptors (Lipinski definition) is 5. The number of rotatable bonds is 5. The molecule has 2 heterocycles. The Morgan fingerprint density at radius 3 is 2.75 bits per heavy atom. The van der Waals surface area contributed by atoms with E-state index in [2.05, 4.69) is 31.9 Å². The van der Waals surface area contributed by atoms with Gasteiger partial charge in [-0.3, -0.25) is 4.79 Å². The molecule has 0 aliphatic heterocycles. The lowest BCUT2D eigenvalue weighted by Crippen LogP contribution is -2.29. The minimum absolute atomic E-state index is 0.0937. The maximum absolute atomic E-state index is 12.5. The predicted molar refractivity (Wildman–Crippen MR) is 112 cm³/mol. The smallest absolute Gasteiger partial charge is 0.257 e. The van der Waals surface area contributed by atoms with Crippen LogP contribution in [0.4, 0.5) is 0 Å². The Balaban J connectivity index is 1.78. The van der Waals surface area contributed by atoms with Crippen LogP contribution in [-0.4, -0.2) is 26.4 Å². The number of aryl methyl sites for hydroxylation is 3. The number of fused-ring (bicyclic) bond motifs is 1. The fourth-order valence-corrected chi connectivity index (χ4v) is 4.68. The van der Waals surface area contributed by atoms with Crippen LogP contribution in [0.5, 0.6) is 0 Å². The highest BCUT2D eigenvalue weighted by molar-refractivity contribution is 8.00. The van der Waals surface area contributed by atoms with Crippen LogP contribution in [0.1, 0.15) is 66.6 Å². The molecular weight excluding hydrogens is 368 g/mol. The van der Waals surface area contributed by atoms with Crippen molar-refractivity contribution in [3.63, 3.8) is 0 Å². The van der Waals surface area contributed by atoms with Gasteiger partial charge in [-0.05, 0) is 62.1 Å². The molecule has 5 nitrogen and oxygen atoms in total. The Hall–Kier alpha value is -2.13. The summed E-state index contributed by atoms with van der Waals surface area (Å²) in [7, 11) is 0. The Labute approximate surface area is 171 Å². The van der Waals surface area contributed by atoms with Crippen molar-refractivity contribution in [3.05, 3.63) is 40.3 Å². The molecule has 0 bridgehead atoms. The van der Waals surface area contributed by atoms with E-state index >= 15 is 0 Å². The molecule has 0 aromatic carbocycles. The highest BCUT2D eigenvalue weighted by atomic mass is 32.2. The zero-order valence-corrected chi connectivity index (χ0v) is 18.2. The fourth-order valence-electron chi connectivity index (χ4n) is 3.86. The summed E-state index contributed by atoms with van der Waals surface area (Å²) in [5.74, 6) is 0.738. The van der Waals surface area contributed by atoms with Crippen LogP contribution in [0.3, 0.4) is 0 Å². The lowest BCUT2D eigenvalue weighted by molar-refractivity contribution is 0.0924. The molecule has 6 heteroatoms. The van der Waals surface area contributed by atoms with E-state index in [0.29, 0.717) is 21.9 Å². The van der Waals surface area contributed by atoms with Gasteiger partial charge in [-0.25, -0.2) is 9.67 Å². The van der Waals surface area contributed by atoms with Gasteiger partial charge < -0.3 is 0 Å². The number of nitrogens with zero attached hydrogens (tertiary/aromatic N) is 4. The summed E-state index contributed by atoms with van der Waals surface area (Å²) < 4.78 is 1.43. The first-order valence-corrected chi connectivity index (χ1v) is 10.9. The molecule has 0 spiro atoms. The van der Waals surface area contributed by atoms with Gasteiger partial charge in [0, 0.05) is 11.4 Å². The van der Waals surface area contributed by atoms with Crippen LogP contribution in [0.15, 0.2) is 17.2 Å². The summed E-state index contributed by atoms with van der Waals surface area (Å²) in [6, 6.07) is 6.16. The summed E-state index contributed by atoms with van der Waals surface area (Å²) in [6.45, 7) is 10.6. The predicted octanol–water partition coefficient (Wildman–Crippen LogP) is 4.74. The van der Waals surface area contributed by atoms with Crippen LogP contribution in [-0.2, 0) is 12.8 Å². The Bertz CT molecular complexity index is 939. The molecular formula is C22H28N4OS. The molecule has 148 valence electrons. The van der Waals surface area contributed by atoms with Crippen molar-refractivity contribution in [1.29, 1.82) is 5.26 Å². The molecule has 1 aliphatic carbocycles. The number of thioether (sulfide) groups is 1. The van der Waals surface area contributed by atoms with Gasteiger partial charge in [0.25, 0.3) is 5.91 Å². The third kappa shape index (κ3) is 4.15. The van der Waals surface area contributed by atoms with Crippen LogP contribution in [0.2, 0.25) is 0 Å². The standard InChI is InChI=1S/C22H28N4OS/c1-6-22(4,5)18-7-8-19-16(11-18)10-17(12-23)21(24-19)28-13-20(27)26-15(3)9-14(2)25-26/h9-10,18H,6-8,11,13H2,1-5H3. The fraction of sp³-hybridized carbons (Fsp3) is 0.545. The molecule has 2 aromatic heterocycles. The van der Waals surface area contributed by atoms with Crippen LogP contribution >= 0.6 is 11.8 Å². The van der Waals surface area contributed by atoms with Gasteiger partial charge in [-0.2, -0.15) is 10.4 Å². The van der Waals surface area contributed by atoms with E-state index in [9.17, 15) is 10.1 Å². The van der Waals surface area contributed by atoms with Crippen molar-refractivity contribution < 1.29 is 4.79 Å². The van der Waals surface area contributed by atoms with E-state index in [1.807, 2.05) is 26.0 Å². The summed E-state index contributed by atoms with van der Waals surface area (Å²) in [4.78, 5) is 17.3. The number of hydrogen-bond donors (Lipinski definition) is 0. The van der Waals surface area contributed by atoms with Gasteiger partial charge in [-0.1, -0.05) is 39.0 Å². The molecule has 0 saturated heterocycles. The Morgan fingerprint density at radius 1 is 1.39 bits per heavy atom. The third-order valence-corrected chi connectivity index (χ3v) is 7.04. The first-order chi connectivity index (χ1) is 13.2. The zero-order chi connectivity index (χ0) is 20.5. The monoisotopic (exact) mass is 396 g/mol. The van der Waals surface area contributed by atoms with E-state index in [1.54, 1.807) is 0 Å². The summed E-state index contributed by atoms with van der Waals surface area (Å²) in [5.41, 5.74) is 4.80. The van der Waals surface area contributed by atoms with Crippen molar-refractivity contribution >= 4 is 17.7 Å². The van der Waals surface area contributed by atoms with Crippen LogP contribution < -0.4 is 0 Å². The molecule has 2 aromatic rings. The van der Waals surface area contributed by atoms with Gasteiger partial charge in [0.2, 0.25) is 0 Å². The lowest BCUT2D eigenvalue weighted by atomic mass is 9.69. The van der Waals surface area contributed by atoms with Crippen LogP contribution in [0, 0.1) is 36.5 Å². The molecule has 0 N–H and O–H groups in total. The second-order valence-corrected chi connectivity index (χ2v) is 9.33. The van der Waals surface area contributed by atoms with E-state index in [-0.39, 0.29) is 11.7 Å². The SMILES string of the molecule is CCC(C)(C)C1CCc2nc(SCC(=O)n3nc(C)cc3C)c(C#N)cc2C1. The summed E-state index contributed by atoms with van der Waals surface area (Å²) >= 11 is 1.33. The Morgan fingerprint density at radius 2 is 2.14 bits per heavy atom. The van der Waals surface area contributed by atoms with E-state index in [0.717, 1.165) is 42.8 Å². The largest absolute Gasteiger partial charge is 0.272 e. The third-order valence-electron chi connectivity index (χ3n) is 6.07. The molecule has 0 amide bonds. The number of pyridine rings is 1. The topological polar surface area (TPSA) is 71.6 Å². The lowest BCUT2D eigenvalue weighted by Gasteiger charge is -2.37. The van der Waals surface area contributed by atoms with Crippen molar-refractivity contribution in [2.75, 3.05) is 5.75 Å². The first-order valence-electron chi connectivity index (χ1n) is 9.87. The van der Waals surface area contributed by atoms with Crippen molar-refractivity contribution in [3.8, 4) is 6.07 Å². The van der Waals surface area contributed by atoms with Gasteiger partial charge >= 0.3 is 0 Å². The maximum atomic E-state index is 12.5. The average Bonchev–Trinajstić information content (AvgIpc) is 3.02. The normalized spacial score (nSPS) is 16.5. The highest BCUT2D eigenvalue weighted by Gasteiger charge is 2.32. The zero-order valence-electron chi connectivity index (χ0n) is 17.4. The first kappa shape index (κ1) is 20.6. The van der Waals surface area contributed by atoms with E-state index in [1.165, 1.54) is 22.0 Å². The summed E-state index contributed by atoms with van der Waals surface area (Å²) in [5, 5.41) is 14.5. The Kier molecular flexibility index (Phi) is 5.95. The number of carbonyl (C=O) groups is 1. The highest BCUT2D eigenvalue weighted by Crippen LogP contribution is 2.40. The van der Waals surface area contributed by atoms with Crippen molar-refractivity contribution in [1.82, 2.24) is 14.8 Å². The molecule has 0 fully saturated rings. The quantitative estimate of drug-likeness (QED) is 0.683. The van der Waals surface area contributed by atoms with Gasteiger partial charge in [-0.15, -0.1) is 0 Å².